The Balaban J connectivity index is 2.14. The van der Waals surface area contributed by atoms with Gasteiger partial charge in [0.15, 0.2) is 11.6 Å². The maximum absolute atomic E-state index is 12.1. The first-order valence-electron chi connectivity index (χ1n) is 6.49. The number of rotatable bonds is 1. The SMILES string of the molecule is Cc1ccnc(-n2ncc3c2CC(C)(C)CC3=O)c1. The summed E-state index contributed by atoms with van der Waals surface area (Å²) in [4.78, 5) is 16.5. The Labute approximate surface area is 112 Å². The molecule has 98 valence electrons. The number of pyridine rings is 1. The van der Waals surface area contributed by atoms with Gasteiger partial charge in [-0.15, -0.1) is 0 Å². The van der Waals surface area contributed by atoms with Crippen LogP contribution in [0.25, 0.3) is 5.82 Å². The zero-order valence-electron chi connectivity index (χ0n) is 11.5. The predicted molar refractivity (Wildman–Crippen MR) is 72.5 cm³/mol. The second-order valence-corrected chi connectivity index (χ2v) is 6.05. The Bertz CT molecular complexity index is 655. The van der Waals surface area contributed by atoms with Crippen molar-refractivity contribution >= 4 is 5.78 Å². The van der Waals surface area contributed by atoms with Crippen LogP contribution in [-0.2, 0) is 6.42 Å². The molecule has 0 aromatic carbocycles. The van der Waals surface area contributed by atoms with Crippen LogP contribution in [0.1, 0.15) is 41.9 Å². The zero-order chi connectivity index (χ0) is 13.6. The molecule has 19 heavy (non-hydrogen) atoms. The minimum Gasteiger partial charge on any atom is -0.294 e. The molecule has 0 amide bonds. The van der Waals surface area contributed by atoms with Crippen molar-refractivity contribution in [1.29, 1.82) is 0 Å². The fourth-order valence-corrected chi connectivity index (χ4v) is 2.66. The number of ketones is 1. The van der Waals surface area contributed by atoms with E-state index in [9.17, 15) is 4.79 Å². The van der Waals surface area contributed by atoms with Gasteiger partial charge in [0.2, 0.25) is 0 Å². The third-order valence-corrected chi connectivity index (χ3v) is 3.57. The number of aryl methyl sites for hydroxylation is 1. The number of aromatic nitrogens is 3. The van der Waals surface area contributed by atoms with Crippen LogP contribution in [-0.4, -0.2) is 20.5 Å². The van der Waals surface area contributed by atoms with Gasteiger partial charge in [0.05, 0.1) is 17.5 Å². The lowest BCUT2D eigenvalue weighted by atomic mass is 9.76. The average Bonchev–Trinajstić information content (AvgIpc) is 2.71. The van der Waals surface area contributed by atoms with Crippen molar-refractivity contribution in [3.05, 3.63) is 41.3 Å². The third-order valence-electron chi connectivity index (χ3n) is 3.57. The number of hydrogen-bond donors (Lipinski definition) is 0. The first-order chi connectivity index (χ1) is 8.96. The molecule has 0 radical (unpaired) electrons. The maximum Gasteiger partial charge on any atom is 0.166 e. The topological polar surface area (TPSA) is 47.8 Å². The lowest BCUT2D eigenvalue weighted by Gasteiger charge is -2.28. The second kappa shape index (κ2) is 4.02. The number of carbonyl (C=O) groups excluding carboxylic acids is 1. The van der Waals surface area contributed by atoms with Crippen LogP contribution in [0.15, 0.2) is 24.5 Å². The first-order valence-corrected chi connectivity index (χ1v) is 6.49. The summed E-state index contributed by atoms with van der Waals surface area (Å²) in [6.45, 7) is 6.26. The molecule has 0 bridgehead atoms. The van der Waals surface area contributed by atoms with E-state index in [1.54, 1.807) is 17.1 Å². The average molecular weight is 255 g/mol. The molecule has 4 nitrogen and oxygen atoms in total. The van der Waals surface area contributed by atoms with Crippen LogP contribution < -0.4 is 0 Å². The van der Waals surface area contributed by atoms with Crippen LogP contribution >= 0.6 is 0 Å². The van der Waals surface area contributed by atoms with Gasteiger partial charge in [-0.3, -0.25) is 4.79 Å². The largest absolute Gasteiger partial charge is 0.294 e. The molecule has 0 fully saturated rings. The summed E-state index contributed by atoms with van der Waals surface area (Å²) in [5.74, 6) is 0.969. The Morgan fingerprint density at radius 3 is 2.84 bits per heavy atom. The summed E-state index contributed by atoms with van der Waals surface area (Å²) in [6.07, 6.45) is 4.89. The van der Waals surface area contributed by atoms with E-state index < -0.39 is 0 Å². The summed E-state index contributed by atoms with van der Waals surface area (Å²) in [6, 6.07) is 3.94. The minimum absolute atomic E-state index is 0.00824. The highest BCUT2D eigenvalue weighted by atomic mass is 16.1. The Morgan fingerprint density at radius 1 is 1.32 bits per heavy atom. The van der Waals surface area contributed by atoms with Crippen molar-refractivity contribution in [1.82, 2.24) is 14.8 Å². The highest BCUT2D eigenvalue weighted by Crippen LogP contribution is 2.35. The number of Topliss-reactive ketones (excluding diaryl/α,β-unsaturated/α-hetero) is 1. The van der Waals surface area contributed by atoms with Crippen LogP contribution in [0.2, 0.25) is 0 Å². The molecule has 2 aromatic heterocycles. The molecule has 0 saturated carbocycles. The summed E-state index contributed by atoms with van der Waals surface area (Å²) in [5.41, 5.74) is 2.86. The molecule has 1 aliphatic carbocycles. The van der Waals surface area contributed by atoms with Gasteiger partial charge in [-0.05, 0) is 36.5 Å². The summed E-state index contributed by atoms with van der Waals surface area (Å²) in [7, 11) is 0. The van der Waals surface area contributed by atoms with Crippen LogP contribution in [0.3, 0.4) is 0 Å². The zero-order valence-corrected chi connectivity index (χ0v) is 11.5. The maximum atomic E-state index is 12.1. The Morgan fingerprint density at radius 2 is 2.11 bits per heavy atom. The summed E-state index contributed by atoms with van der Waals surface area (Å²) < 4.78 is 1.81. The van der Waals surface area contributed by atoms with Crippen molar-refractivity contribution in [3.63, 3.8) is 0 Å². The van der Waals surface area contributed by atoms with E-state index in [0.717, 1.165) is 29.1 Å². The number of fused-ring (bicyclic) bond motifs is 1. The van der Waals surface area contributed by atoms with Gasteiger partial charge in [0.1, 0.15) is 0 Å². The van der Waals surface area contributed by atoms with Gasteiger partial charge in [-0.2, -0.15) is 5.10 Å². The monoisotopic (exact) mass is 255 g/mol. The van der Waals surface area contributed by atoms with E-state index in [0.29, 0.717) is 6.42 Å². The summed E-state index contributed by atoms with van der Waals surface area (Å²) in [5, 5.41) is 4.36. The first kappa shape index (κ1) is 12.1. The number of carbonyl (C=O) groups is 1. The molecule has 1 aliphatic rings. The normalized spacial score (nSPS) is 17.3. The van der Waals surface area contributed by atoms with Crippen LogP contribution in [0, 0.1) is 12.3 Å². The van der Waals surface area contributed by atoms with Gasteiger partial charge in [-0.25, -0.2) is 9.67 Å². The fourth-order valence-electron chi connectivity index (χ4n) is 2.66. The molecule has 0 spiro atoms. The molecular formula is C15H17N3O. The second-order valence-electron chi connectivity index (χ2n) is 6.05. The number of nitrogens with zero attached hydrogens (tertiary/aromatic N) is 3. The lowest BCUT2D eigenvalue weighted by Crippen LogP contribution is -2.28. The molecular weight excluding hydrogens is 238 g/mol. The lowest BCUT2D eigenvalue weighted by molar-refractivity contribution is 0.0911. The fraction of sp³-hybridized carbons (Fsp3) is 0.400. The van der Waals surface area contributed by atoms with Crippen molar-refractivity contribution in [2.45, 2.75) is 33.6 Å². The molecule has 2 heterocycles. The number of hydrogen-bond acceptors (Lipinski definition) is 3. The summed E-state index contributed by atoms with van der Waals surface area (Å²) >= 11 is 0. The molecule has 0 aliphatic heterocycles. The van der Waals surface area contributed by atoms with Crippen molar-refractivity contribution in [2.75, 3.05) is 0 Å². The molecule has 0 saturated heterocycles. The van der Waals surface area contributed by atoms with Gasteiger partial charge in [0, 0.05) is 12.6 Å². The van der Waals surface area contributed by atoms with Crippen molar-refractivity contribution in [3.8, 4) is 5.82 Å². The van der Waals surface area contributed by atoms with E-state index >= 15 is 0 Å². The van der Waals surface area contributed by atoms with E-state index in [-0.39, 0.29) is 11.2 Å². The van der Waals surface area contributed by atoms with E-state index in [1.165, 1.54) is 0 Å². The highest BCUT2D eigenvalue weighted by molar-refractivity contribution is 5.98. The van der Waals surface area contributed by atoms with Gasteiger partial charge in [0.25, 0.3) is 0 Å². The Hall–Kier alpha value is -1.97. The van der Waals surface area contributed by atoms with Crippen LogP contribution in [0.5, 0.6) is 0 Å². The molecule has 0 N–H and O–H groups in total. The van der Waals surface area contributed by atoms with Gasteiger partial charge in [-0.1, -0.05) is 13.8 Å². The standard InChI is InChI=1S/C15H17N3O/c1-10-4-5-16-14(6-10)18-12-7-15(2,3)8-13(19)11(12)9-17-18/h4-6,9H,7-8H2,1-3H3. The van der Waals surface area contributed by atoms with Gasteiger partial charge < -0.3 is 0 Å². The van der Waals surface area contributed by atoms with E-state index in [1.807, 2.05) is 19.1 Å². The molecule has 0 unspecified atom stereocenters. The molecule has 0 atom stereocenters. The quantitative estimate of drug-likeness (QED) is 0.787. The van der Waals surface area contributed by atoms with Crippen molar-refractivity contribution < 1.29 is 4.79 Å². The molecule has 4 heteroatoms. The predicted octanol–water partition coefficient (Wildman–Crippen LogP) is 2.73. The van der Waals surface area contributed by atoms with E-state index in [2.05, 4.69) is 23.9 Å². The van der Waals surface area contributed by atoms with Gasteiger partial charge >= 0.3 is 0 Å². The third kappa shape index (κ3) is 2.07. The van der Waals surface area contributed by atoms with E-state index in [4.69, 9.17) is 0 Å². The van der Waals surface area contributed by atoms with Crippen molar-refractivity contribution in [2.24, 2.45) is 5.41 Å². The Kier molecular flexibility index (Phi) is 2.55. The smallest absolute Gasteiger partial charge is 0.166 e. The molecule has 2 aromatic rings. The molecule has 3 rings (SSSR count). The minimum atomic E-state index is -0.00824. The highest BCUT2D eigenvalue weighted by Gasteiger charge is 2.34. The van der Waals surface area contributed by atoms with Crippen LogP contribution in [0.4, 0.5) is 0 Å².